The van der Waals surface area contributed by atoms with Crippen LogP contribution in [-0.4, -0.2) is 27.2 Å². The predicted octanol–water partition coefficient (Wildman–Crippen LogP) is 5.53. The van der Waals surface area contributed by atoms with Gasteiger partial charge in [-0.3, -0.25) is 14.2 Å². The molecule has 2 aromatic carbocycles. The highest BCUT2D eigenvalue weighted by Gasteiger charge is 2.26. The Balaban J connectivity index is 2.18. The lowest BCUT2D eigenvalue weighted by Gasteiger charge is -2.19. The number of hydrogen-bond donors (Lipinski definition) is 1. The first kappa shape index (κ1) is 21.2. The normalized spacial score (nSPS) is 11.7. The van der Waals surface area contributed by atoms with Gasteiger partial charge in [0.2, 0.25) is 0 Å². The molecule has 0 fully saturated rings. The fourth-order valence-corrected chi connectivity index (χ4v) is 3.65. The third-order valence-electron chi connectivity index (χ3n) is 4.45. The van der Waals surface area contributed by atoms with Gasteiger partial charge in [-0.1, -0.05) is 23.2 Å². The summed E-state index contributed by atoms with van der Waals surface area (Å²) in [7, 11) is 0. The van der Waals surface area contributed by atoms with Crippen LogP contribution in [0.15, 0.2) is 36.4 Å². The quantitative estimate of drug-likeness (QED) is 0.550. The number of ether oxygens (including phenoxy) is 1. The third-order valence-corrected chi connectivity index (χ3v) is 5.08. The van der Waals surface area contributed by atoms with Crippen molar-refractivity contribution in [3.05, 3.63) is 63.3 Å². The van der Waals surface area contributed by atoms with Gasteiger partial charge in [-0.15, -0.1) is 0 Å². The van der Waals surface area contributed by atoms with Crippen molar-refractivity contribution in [2.24, 2.45) is 0 Å². The Labute approximate surface area is 178 Å². The zero-order valence-electron chi connectivity index (χ0n) is 16.5. The Morgan fingerprint density at radius 1 is 1.07 bits per heavy atom. The second-order valence-electron chi connectivity index (χ2n) is 7.77. The van der Waals surface area contributed by atoms with Crippen molar-refractivity contribution in [3.63, 3.8) is 0 Å². The lowest BCUT2D eigenvalue weighted by atomic mass is 10.1. The standard InChI is InChI=1S/C22H21Cl2NO4/c1-12-15(11-18(27)29-22(2,3)4)19-16(9-10-17(26)20(19)24)25(12)21(28)13-5-7-14(23)8-6-13/h5-10,26H,11H2,1-4H3. The van der Waals surface area contributed by atoms with Crippen molar-refractivity contribution in [1.82, 2.24) is 4.57 Å². The van der Waals surface area contributed by atoms with Gasteiger partial charge in [-0.2, -0.15) is 0 Å². The van der Waals surface area contributed by atoms with E-state index in [4.69, 9.17) is 27.9 Å². The molecule has 3 aromatic rings. The Kier molecular flexibility index (Phi) is 5.65. The second kappa shape index (κ2) is 7.73. The largest absolute Gasteiger partial charge is 0.506 e. The number of carbonyl (C=O) groups is 2. The van der Waals surface area contributed by atoms with E-state index in [0.717, 1.165) is 0 Å². The number of phenols is 1. The van der Waals surface area contributed by atoms with E-state index in [1.54, 1.807) is 58.0 Å². The van der Waals surface area contributed by atoms with Crippen molar-refractivity contribution in [2.75, 3.05) is 0 Å². The van der Waals surface area contributed by atoms with Gasteiger partial charge in [0.05, 0.1) is 17.0 Å². The molecule has 0 aliphatic rings. The van der Waals surface area contributed by atoms with Gasteiger partial charge < -0.3 is 9.84 Å². The molecule has 29 heavy (non-hydrogen) atoms. The van der Waals surface area contributed by atoms with Crippen LogP contribution in [0.5, 0.6) is 5.75 Å². The molecule has 0 amide bonds. The van der Waals surface area contributed by atoms with E-state index in [0.29, 0.717) is 32.7 Å². The van der Waals surface area contributed by atoms with E-state index >= 15 is 0 Å². The van der Waals surface area contributed by atoms with Crippen molar-refractivity contribution in [3.8, 4) is 5.75 Å². The molecule has 0 atom stereocenters. The van der Waals surface area contributed by atoms with E-state index in [-0.39, 0.29) is 23.1 Å². The molecule has 0 spiro atoms. The van der Waals surface area contributed by atoms with Gasteiger partial charge in [0.1, 0.15) is 11.4 Å². The average molecular weight is 434 g/mol. The highest BCUT2D eigenvalue weighted by Crippen LogP contribution is 2.38. The maximum absolute atomic E-state index is 13.2. The molecule has 1 N–H and O–H groups in total. The molecule has 152 valence electrons. The van der Waals surface area contributed by atoms with Crippen molar-refractivity contribution >= 4 is 46.0 Å². The Bertz CT molecular complexity index is 1110. The average Bonchev–Trinajstić information content (AvgIpc) is 2.89. The fraction of sp³-hybridized carbons (Fsp3) is 0.273. The number of halogens is 2. The summed E-state index contributed by atoms with van der Waals surface area (Å²) in [5.74, 6) is -0.861. The maximum Gasteiger partial charge on any atom is 0.310 e. The molecule has 3 rings (SSSR count). The number of benzene rings is 2. The summed E-state index contributed by atoms with van der Waals surface area (Å²) in [6, 6.07) is 9.56. The summed E-state index contributed by atoms with van der Waals surface area (Å²) >= 11 is 12.3. The lowest BCUT2D eigenvalue weighted by molar-refractivity contribution is -0.153. The summed E-state index contributed by atoms with van der Waals surface area (Å²) in [6.07, 6.45) is -0.0797. The molecule has 1 heterocycles. The molecule has 0 aliphatic heterocycles. The van der Waals surface area contributed by atoms with Crippen LogP contribution in [0.4, 0.5) is 0 Å². The van der Waals surface area contributed by atoms with Crippen LogP contribution >= 0.6 is 23.2 Å². The molecular weight excluding hydrogens is 413 g/mol. The van der Waals surface area contributed by atoms with Gasteiger partial charge in [0.15, 0.2) is 0 Å². The topological polar surface area (TPSA) is 68.5 Å². The minimum Gasteiger partial charge on any atom is -0.506 e. The van der Waals surface area contributed by atoms with Gasteiger partial charge in [0.25, 0.3) is 5.91 Å². The van der Waals surface area contributed by atoms with E-state index in [1.807, 2.05) is 0 Å². The summed E-state index contributed by atoms with van der Waals surface area (Å²) in [4.78, 5) is 25.7. The Morgan fingerprint density at radius 3 is 2.28 bits per heavy atom. The number of esters is 1. The van der Waals surface area contributed by atoms with Gasteiger partial charge in [0, 0.05) is 21.7 Å². The van der Waals surface area contributed by atoms with E-state index < -0.39 is 11.6 Å². The number of hydrogen-bond acceptors (Lipinski definition) is 4. The lowest BCUT2D eigenvalue weighted by Crippen LogP contribution is -2.25. The highest BCUT2D eigenvalue weighted by molar-refractivity contribution is 6.37. The summed E-state index contributed by atoms with van der Waals surface area (Å²) < 4.78 is 6.92. The molecule has 0 unspecified atom stereocenters. The maximum atomic E-state index is 13.2. The molecule has 0 saturated heterocycles. The zero-order valence-corrected chi connectivity index (χ0v) is 18.1. The van der Waals surface area contributed by atoms with Crippen LogP contribution in [0.25, 0.3) is 10.9 Å². The van der Waals surface area contributed by atoms with Crippen LogP contribution in [0.3, 0.4) is 0 Å². The number of fused-ring (bicyclic) bond motifs is 1. The number of carbonyl (C=O) groups excluding carboxylic acids is 2. The van der Waals surface area contributed by atoms with Crippen molar-refractivity contribution in [1.29, 1.82) is 0 Å². The summed E-state index contributed by atoms with van der Waals surface area (Å²) in [5.41, 5.74) is 1.39. The monoisotopic (exact) mass is 433 g/mol. The molecule has 0 saturated carbocycles. The Morgan fingerprint density at radius 2 is 1.69 bits per heavy atom. The number of nitrogens with zero attached hydrogens (tertiary/aromatic N) is 1. The molecule has 5 nitrogen and oxygen atoms in total. The van der Waals surface area contributed by atoms with E-state index in [1.165, 1.54) is 10.6 Å². The number of phenolic OH excluding ortho intramolecular Hbond substituents is 1. The van der Waals surface area contributed by atoms with Gasteiger partial charge in [-0.25, -0.2) is 0 Å². The van der Waals surface area contributed by atoms with Gasteiger partial charge >= 0.3 is 5.97 Å². The number of aromatic nitrogens is 1. The predicted molar refractivity (Wildman–Crippen MR) is 114 cm³/mol. The first-order chi connectivity index (χ1) is 13.5. The first-order valence-electron chi connectivity index (χ1n) is 9.03. The molecule has 7 heteroatoms. The van der Waals surface area contributed by atoms with E-state index in [2.05, 4.69) is 0 Å². The molecule has 0 bridgehead atoms. The number of rotatable bonds is 3. The second-order valence-corrected chi connectivity index (χ2v) is 8.58. The SMILES string of the molecule is Cc1c(CC(=O)OC(C)(C)C)c2c(Cl)c(O)ccc2n1C(=O)c1ccc(Cl)cc1. The summed E-state index contributed by atoms with van der Waals surface area (Å²) in [6.45, 7) is 7.08. The molecule has 0 radical (unpaired) electrons. The smallest absolute Gasteiger partial charge is 0.310 e. The molecule has 1 aromatic heterocycles. The molecular formula is C22H21Cl2NO4. The zero-order chi connectivity index (χ0) is 21.5. The highest BCUT2D eigenvalue weighted by atomic mass is 35.5. The van der Waals surface area contributed by atoms with Crippen LogP contribution < -0.4 is 0 Å². The molecule has 0 aliphatic carbocycles. The number of aromatic hydroxyl groups is 1. The van der Waals surface area contributed by atoms with Crippen LogP contribution in [-0.2, 0) is 16.0 Å². The Hall–Kier alpha value is -2.50. The first-order valence-corrected chi connectivity index (χ1v) is 9.78. The van der Waals surface area contributed by atoms with Crippen LogP contribution in [0.1, 0.15) is 42.4 Å². The van der Waals surface area contributed by atoms with Crippen LogP contribution in [0.2, 0.25) is 10.0 Å². The minimum absolute atomic E-state index is 0.0797. The third kappa shape index (κ3) is 4.26. The van der Waals surface area contributed by atoms with E-state index in [9.17, 15) is 14.7 Å². The van der Waals surface area contributed by atoms with Crippen LogP contribution in [0, 0.1) is 6.92 Å². The minimum atomic E-state index is -0.644. The van der Waals surface area contributed by atoms with Gasteiger partial charge in [-0.05, 0) is 69.7 Å². The van der Waals surface area contributed by atoms with Crippen molar-refractivity contribution < 1.29 is 19.4 Å². The summed E-state index contributed by atoms with van der Waals surface area (Å²) in [5, 5.41) is 11.2. The van der Waals surface area contributed by atoms with Crippen molar-refractivity contribution in [2.45, 2.75) is 39.7 Å². The fourth-order valence-electron chi connectivity index (χ4n) is 3.25.